The number of nitriles is 1. The predicted octanol–water partition coefficient (Wildman–Crippen LogP) is 2.08. The Morgan fingerprint density at radius 3 is 2.65 bits per heavy atom. The van der Waals surface area contributed by atoms with Crippen molar-refractivity contribution in [2.24, 2.45) is 0 Å². The second-order valence-electron chi connectivity index (χ2n) is 2.98. The highest BCUT2D eigenvalue weighted by Crippen LogP contribution is 2.22. The molecule has 0 spiro atoms. The molecule has 0 bridgehead atoms. The zero-order valence-corrected chi connectivity index (χ0v) is 9.02. The smallest absolute Gasteiger partial charge is 0.400 e. The molecule has 0 amide bonds. The molecule has 0 saturated carbocycles. The number of alkyl halides is 4. The van der Waals surface area contributed by atoms with Crippen LogP contribution in [0.5, 0.6) is 5.75 Å². The minimum atomic E-state index is -4.99. The molecule has 0 aliphatic rings. The zero-order valence-electron chi connectivity index (χ0n) is 8.27. The van der Waals surface area contributed by atoms with E-state index in [2.05, 4.69) is 9.72 Å². The first-order valence-electron chi connectivity index (χ1n) is 4.31. The summed E-state index contributed by atoms with van der Waals surface area (Å²) in [6, 6.07) is 2.53. The van der Waals surface area contributed by atoms with Crippen molar-refractivity contribution in [1.29, 1.82) is 5.26 Å². The lowest BCUT2D eigenvalue weighted by Gasteiger charge is -2.11. The second kappa shape index (κ2) is 5.10. The Labute approximate surface area is 98.6 Å². The molecule has 0 atom stereocenters. The predicted molar refractivity (Wildman–Crippen MR) is 52.6 cm³/mol. The lowest BCUT2D eigenvalue weighted by atomic mass is 10.2. The third-order valence-electron chi connectivity index (χ3n) is 1.73. The fourth-order valence-corrected chi connectivity index (χ4v) is 1.31. The first-order chi connectivity index (χ1) is 7.87. The van der Waals surface area contributed by atoms with Crippen LogP contribution in [-0.2, 0) is 12.3 Å². The SMILES string of the molecule is N#CCc1[nH]c(CCl)cc(=O)c1OC(F)(F)F. The second-order valence-corrected chi connectivity index (χ2v) is 3.25. The number of nitrogens with one attached hydrogen (secondary N) is 1. The Bertz CT molecular complexity index is 504. The molecular formula is C9H6ClF3N2O2. The third-order valence-corrected chi connectivity index (χ3v) is 2.02. The molecule has 1 aromatic heterocycles. The minimum Gasteiger partial charge on any atom is -0.400 e. The molecule has 1 rings (SSSR count). The van der Waals surface area contributed by atoms with Crippen LogP contribution in [-0.4, -0.2) is 11.3 Å². The van der Waals surface area contributed by atoms with Gasteiger partial charge in [-0.15, -0.1) is 24.8 Å². The molecule has 8 heteroatoms. The standard InChI is InChI=1S/C9H6ClF3N2O2/c10-4-5-3-7(16)8(17-9(11,12)13)6(15-5)1-2-14/h3H,1,4H2,(H,15,16). The quantitative estimate of drug-likeness (QED) is 0.852. The normalized spacial score (nSPS) is 11.0. The molecule has 0 aliphatic heterocycles. The van der Waals surface area contributed by atoms with Crippen molar-refractivity contribution in [3.05, 3.63) is 27.7 Å². The number of halogens is 4. The number of pyridine rings is 1. The number of ether oxygens (including phenoxy) is 1. The number of nitrogens with zero attached hydrogens (tertiary/aromatic N) is 1. The van der Waals surface area contributed by atoms with Gasteiger partial charge in [0.05, 0.1) is 24.1 Å². The van der Waals surface area contributed by atoms with Crippen LogP contribution >= 0.6 is 11.6 Å². The topological polar surface area (TPSA) is 65.9 Å². The van der Waals surface area contributed by atoms with Crippen LogP contribution in [0.15, 0.2) is 10.9 Å². The van der Waals surface area contributed by atoms with E-state index in [4.69, 9.17) is 16.9 Å². The van der Waals surface area contributed by atoms with Gasteiger partial charge in [-0.3, -0.25) is 4.79 Å². The number of rotatable bonds is 3. The zero-order chi connectivity index (χ0) is 13.1. The van der Waals surface area contributed by atoms with E-state index in [1.54, 1.807) is 6.07 Å². The van der Waals surface area contributed by atoms with Crippen LogP contribution in [0.25, 0.3) is 0 Å². The number of hydrogen-bond acceptors (Lipinski definition) is 3. The van der Waals surface area contributed by atoms with Gasteiger partial charge < -0.3 is 9.72 Å². The highest BCUT2D eigenvalue weighted by molar-refractivity contribution is 6.16. The first kappa shape index (κ1) is 13.4. The molecule has 0 saturated heterocycles. The molecule has 92 valence electrons. The number of H-pyrrole nitrogens is 1. The fourth-order valence-electron chi connectivity index (χ4n) is 1.16. The van der Waals surface area contributed by atoms with E-state index in [0.717, 1.165) is 6.07 Å². The van der Waals surface area contributed by atoms with Gasteiger partial charge in [-0.2, -0.15) is 5.26 Å². The van der Waals surface area contributed by atoms with Crippen molar-refractivity contribution in [2.75, 3.05) is 0 Å². The van der Waals surface area contributed by atoms with E-state index >= 15 is 0 Å². The van der Waals surface area contributed by atoms with Crippen molar-refractivity contribution in [1.82, 2.24) is 4.98 Å². The van der Waals surface area contributed by atoms with Gasteiger partial charge in [-0.25, -0.2) is 0 Å². The van der Waals surface area contributed by atoms with E-state index in [-0.39, 0.29) is 17.3 Å². The molecule has 0 fully saturated rings. The number of hydrogen-bond donors (Lipinski definition) is 1. The van der Waals surface area contributed by atoms with Gasteiger partial charge in [0.2, 0.25) is 5.43 Å². The van der Waals surface area contributed by atoms with E-state index < -0.39 is 24.0 Å². The summed E-state index contributed by atoms with van der Waals surface area (Å²) in [6.45, 7) is 0. The van der Waals surface area contributed by atoms with Gasteiger partial charge in [-0.05, 0) is 0 Å². The summed E-state index contributed by atoms with van der Waals surface area (Å²) in [5.41, 5.74) is -0.994. The number of aromatic nitrogens is 1. The van der Waals surface area contributed by atoms with Gasteiger partial charge in [0, 0.05) is 11.8 Å². The van der Waals surface area contributed by atoms with Crippen LogP contribution in [0.1, 0.15) is 11.4 Å². The molecule has 0 aromatic carbocycles. The molecule has 0 aliphatic carbocycles. The molecule has 0 radical (unpaired) electrons. The average molecular weight is 267 g/mol. The van der Waals surface area contributed by atoms with Crippen molar-refractivity contribution in [3.8, 4) is 11.8 Å². The summed E-state index contributed by atoms with van der Waals surface area (Å²) < 4.78 is 39.7. The van der Waals surface area contributed by atoms with E-state index in [1.165, 1.54) is 0 Å². The van der Waals surface area contributed by atoms with Crippen molar-refractivity contribution in [3.63, 3.8) is 0 Å². The largest absolute Gasteiger partial charge is 0.573 e. The van der Waals surface area contributed by atoms with Crippen LogP contribution < -0.4 is 10.2 Å². The van der Waals surface area contributed by atoms with Crippen molar-refractivity contribution in [2.45, 2.75) is 18.7 Å². The van der Waals surface area contributed by atoms with Crippen LogP contribution in [0, 0.1) is 11.3 Å². The summed E-state index contributed by atoms with van der Waals surface area (Å²) in [6.07, 6.45) is -5.40. The highest BCUT2D eigenvalue weighted by atomic mass is 35.5. The summed E-state index contributed by atoms with van der Waals surface area (Å²) in [5, 5.41) is 8.46. The maximum absolute atomic E-state index is 12.0. The summed E-state index contributed by atoms with van der Waals surface area (Å²) in [4.78, 5) is 13.8. The minimum absolute atomic E-state index is 0.0834. The average Bonchev–Trinajstić information content (AvgIpc) is 2.21. The van der Waals surface area contributed by atoms with E-state index in [1.807, 2.05) is 0 Å². The molecule has 17 heavy (non-hydrogen) atoms. The lowest BCUT2D eigenvalue weighted by molar-refractivity contribution is -0.275. The van der Waals surface area contributed by atoms with Crippen LogP contribution in [0.2, 0.25) is 0 Å². The molecule has 1 aromatic rings. The van der Waals surface area contributed by atoms with Crippen LogP contribution in [0.3, 0.4) is 0 Å². The Kier molecular flexibility index (Phi) is 4.02. The third kappa shape index (κ3) is 3.67. The maximum Gasteiger partial charge on any atom is 0.573 e. The van der Waals surface area contributed by atoms with E-state index in [0.29, 0.717) is 0 Å². The molecule has 1 N–H and O–H groups in total. The van der Waals surface area contributed by atoms with E-state index in [9.17, 15) is 18.0 Å². The first-order valence-corrected chi connectivity index (χ1v) is 4.84. The summed E-state index contributed by atoms with van der Waals surface area (Å²) in [5.74, 6) is -1.01. The molecular weight excluding hydrogens is 261 g/mol. The van der Waals surface area contributed by atoms with Crippen molar-refractivity contribution >= 4 is 11.6 Å². The molecule has 1 heterocycles. The monoisotopic (exact) mass is 266 g/mol. The Hall–Kier alpha value is -1.68. The highest BCUT2D eigenvalue weighted by Gasteiger charge is 2.33. The Morgan fingerprint density at radius 1 is 1.53 bits per heavy atom. The molecule has 0 unspecified atom stereocenters. The summed E-state index contributed by atoms with van der Waals surface area (Å²) in [7, 11) is 0. The van der Waals surface area contributed by atoms with Crippen LogP contribution in [0.4, 0.5) is 13.2 Å². The van der Waals surface area contributed by atoms with Gasteiger partial charge in [0.25, 0.3) is 0 Å². The lowest BCUT2D eigenvalue weighted by Crippen LogP contribution is -2.23. The fraction of sp³-hybridized carbons (Fsp3) is 0.333. The maximum atomic E-state index is 12.0. The number of aromatic amines is 1. The van der Waals surface area contributed by atoms with Gasteiger partial charge in [0.1, 0.15) is 0 Å². The van der Waals surface area contributed by atoms with Crippen molar-refractivity contribution < 1.29 is 17.9 Å². The van der Waals surface area contributed by atoms with Gasteiger partial charge in [-0.1, -0.05) is 0 Å². The summed E-state index contributed by atoms with van der Waals surface area (Å²) >= 11 is 5.44. The Morgan fingerprint density at radius 2 is 2.18 bits per heavy atom. The Balaban J connectivity index is 3.27. The van der Waals surface area contributed by atoms with Gasteiger partial charge in [0.15, 0.2) is 5.75 Å². The molecule has 4 nitrogen and oxygen atoms in total. The van der Waals surface area contributed by atoms with Gasteiger partial charge >= 0.3 is 6.36 Å².